The largest absolute Gasteiger partial charge is 0.494 e. The zero-order valence-corrected chi connectivity index (χ0v) is 15.3. The molecule has 0 radical (unpaired) electrons. The summed E-state index contributed by atoms with van der Waals surface area (Å²) < 4.78 is 34.0. The van der Waals surface area contributed by atoms with Crippen molar-refractivity contribution < 1.29 is 22.8 Å². The summed E-state index contributed by atoms with van der Waals surface area (Å²) in [6.07, 6.45) is 1.00. The lowest BCUT2D eigenvalue weighted by Crippen LogP contribution is -2.13. The first kappa shape index (κ1) is 19.5. The molecule has 26 heavy (non-hydrogen) atoms. The number of nitro benzene ring substituents is 1. The molecule has 0 aliphatic heterocycles. The first-order valence-electron chi connectivity index (χ1n) is 7.89. The molecule has 0 saturated heterocycles. The van der Waals surface area contributed by atoms with E-state index < -0.39 is 14.8 Å². The van der Waals surface area contributed by atoms with E-state index in [0.717, 1.165) is 18.1 Å². The van der Waals surface area contributed by atoms with Gasteiger partial charge in [-0.3, -0.25) is 10.1 Å². The normalized spacial score (nSPS) is 11.0. The number of anilines is 1. The zero-order valence-electron chi connectivity index (χ0n) is 14.5. The summed E-state index contributed by atoms with van der Waals surface area (Å²) in [4.78, 5) is 10.5. The highest BCUT2D eigenvalue weighted by atomic mass is 32.2. The maximum Gasteiger partial charge on any atom is 0.293 e. The molecule has 0 saturated carbocycles. The van der Waals surface area contributed by atoms with Crippen LogP contribution in [0.25, 0.3) is 0 Å². The topological polar surface area (TPSA) is 108 Å². The van der Waals surface area contributed by atoms with E-state index in [1.807, 2.05) is 6.92 Å². The predicted octanol–water partition coefficient (Wildman–Crippen LogP) is 2.89. The number of benzene rings is 2. The molecule has 0 bridgehead atoms. The predicted molar refractivity (Wildman–Crippen MR) is 97.8 cm³/mol. The second-order valence-corrected chi connectivity index (χ2v) is 7.40. The van der Waals surface area contributed by atoms with Crippen LogP contribution in [0, 0.1) is 10.1 Å². The number of hydrogen-bond donors (Lipinski definition) is 1. The molecule has 8 nitrogen and oxygen atoms in total. The number of ether oxygens (including phenoxy) is 2. The summed E-state index contributed by atoms with van der Waals surface area (Å²) in [6.45, 7) is 3.07. The third kappa shape index (κ3) is 5.35. The Kier molecular flexibility index (Phi) is 6.40. The highest BCUT2D eigenvalue weighted by molar-refractivity contribution is 7.90. The van der Waals surface area contributed by atoms with E-state index >= 15 is 0 Å². The van der Waals surface area contributed by atoms with Gasteiger partial charge in [-0.15, -0.1) is 0 Å². The van der Waals surface area contributed by atoms with Gasteiger partial charge in [0.1, 0.15) is 23.8 Å². The zero-order chi connectivity index (χ0) is 19.2. The maximum absolute atomic E-state index is 11.5. The van der Waals surface area contributed by atoms with Gasteiger partial charge in [0, 0.05) is 18.9 Å². The minimum Gasteiger partial charge on any atom is -0.494 e. The molecule has 0 amide bonds. The second kappa shape index (κ2) is 8.52. The molecule has 0 aliphatic rings. The Hall–Kier alpha value is -2.81. The Balaban J connectivity index is 1.95. The van der Waals surface area contributed by atoms with Crippen molar-refractivity contribution in [3.05, 3.63) is 52.6 Å². The Morgan fingerprint density at radius 2 is 1.69 bits per heavy atom. The van der Waals surface area contributed by atoms with E-state index in [2.05, 4.69) is 5.32 Å². The summed E-state index contributed by atoms with van der Waals surface area (Å²) in [5.74, 6) is 1.40. The van der Waals surface area contributed by atoms with Crippen molar-refractivity contribution in [2.75, 3.05) is 31.3 Å². The third-order valence-corrected chi connectivity index (χ3v) is 4.53. The Morgan fingerprint density at radius 3 is 2.23 bits per heavy atom. The minimum atomic E-state index is -3.51. The lowest BCUT2D eigenvalue weighted by molar-refractivity contribution is -0.384. The quantitative estimate of drug-likeness (QED) is 0.405. The molecule has 0 atom stereocenters. The van der Waals surface area contributed by atoms with Gasteiger partial charge in [0.15, 0.2) is 9.84 Å². The standard InChI is InChI=1S/C17H20N2O6S/c1-3-24-13-4-6-14(7-5-13)25-11-10-18-16-9-8-15(26(2,22)23)12-17(16)19(20)21/h4-9,12,18H,3,10-11H2,1-2H3. The number of rotatable bonds is 9. The van der Waals surface area contributed by atoms with E-state index in [1.54, 1.807) is 24.3 Å². The lowest BCUT2D eigenvalue weighted by atomic mass is 10.2. The Labute approximate surface area is 151 Å². The van der Waals surface area contributed by atoms with Crippen LogP contribution in [0.3, 0.4) is 0 Å². The summed E-state index contributed by atoms with van der Waals surface area (Å²) in [5.41, 5.74) is -0.0633. The van der Waals surface area contributed by atoms with Gasteiger partial charge in [0.05, 0.1) is 16.4 Å². The number of nitrogens with one attached hydrogen (secondary N) is 1. The molecule has 1 N–H and O–H groups in total. The maximum atomic E-state index is 11.5. The van der Waals surface area contributed by atoms with Gasteiger partial charge in [-0.1, -0.05) is 0 Å². The van der Waals surface area contributed by atoms with Crippen LogP contribution in [0.2, 0.25) is 0 Å². The van der Waals surface area contributed by atoms with E-state index in [9.17, 15) is 18.5 Å². The van der Waals surface area contributed by atoms with Crippen molar-refractivity contribution in [1.29, 1.82) is 0 Å². The van der Waals surface area contributed by atoms with Crippen LogP contribution in [0.4, 0.5) is 11.4 Å². The van der Waals surface area contributed by atoms with Gasteiger partial charge in [0.25, 0.3) is 5.69 Å². The SMILES string of the molecule is CCOc1ccc(OCCNc2ccc(S(C)(=O)=O)cc2[N+](=O)[O-])cc1. The van der Waals surface area contributed by atoms with Crippen LogP contribution in [-0.2, 0) is 9.84 Å². The van der Waals surface area contributed by atoms with Crippen molar-refractivity contribution >= 4 is 21.2 Å². The average molecular weight is 380 g/mol. The number of nitro groups is 1. The summed E-state index contributed by atoms with van der Waals surface area (Å²) >= 11 is 0. The van der Waals surface area contributed by atoms with E-state index in [0.29, 0.717) is 18.9 Å². The van der Waals surface area contributed by atoms with Gasteiger partial charge >= 0.3 is 0 Å². The van der Waals surface area contributed by atoms with E-state index in [1.165, 1.54) is 12.1 Å². The second-order valence-electron chi connectivity index (χ2n) is 5.39. The molecule has 0 unspecified atom stereocenters. The summed E-state index contributed by atoms with van der Waals surface area (Å²) in [5, 5.41) is 14.1. The molecular formula is C17H20N2O6S. The number of hydrogen-bond acceptors (Lipinski definition) is 7. The number of sulfone groups is 1. The summed E-state index contributed by atoms with van der Waals surface area (Å²) in [6, 6.07) is 10.9. The lowest BCUT2D eigenvalue weighted by Gasteiger charge is -2.10. The van der Waals surface area contributed by atoms with Crippen molar-refractivity contribution in [2.24, 2.45) is 0 Å². The first-order chi connectivity index (χ1) is 12.3. The molecule has 0 spiro atoms. The van der Waals surface area contributed by atoms with Crippen LogP contribution in [0.5, 0.6) is 11.5 Å². The fourth-order valence-corrected chi connectivity index (χ4v) is 2.84. The van der Waals surface area contributed by atoms with Crippen molar-refractivity contribution in [1.82, 2.24) is 0 Å². The molecule has 2 rings (SSSR count). The molecular weight excluding hydrogens is 360 g/mol. The Bertz CT molecular complexity index is 865. The van der Waals surface area contributed by atoms with E-state index in [-0.39, 0.29) is 22.9 Å². The smallest absolute Gasteiger partial charge is 0.293 e. The molecule has 9 heteroatoms. The van der Waals surface area contributed by atoms with E-state index in [4.69, 9.17) is 9.47 Å². The van der Waals surface area contributed by atoms with Gasteiger partial charge in [-0.25, -0.2) is 8.42 Å². The fourth-order valence-electron chi connectivity index (χ4n) is 2.20. The van der Waals surface area contributed by atoms with Crippen LogP contribution in [0.1, 0.15) is 6.92 Å². The van der Waals surface area contributed by atoms with Crippen molar-refractivity contribution in [3.8, 4) is 11.5 Å². The van der Waals surface area contributed by atoms with Gasteiger partial charge < -0.3 is 14.8 Å². The van der Waals surface area contributed by atoms with Crippen molar-refractivity contribution in [2.45, 2.75) is 11.8 Å². The average Bonchev–Trinajstić information content (AvgIpc) is 2.59. The Morgan fingerprint density at radius 1 is 1.08 bits per heavy atom. The molecule has 0 heterocycles. The molecule has 0 aliphatic carbocycles. The fraction of sp³-hybridized carbons (Fsp3) is 0.294. The van der Waals surface area contributed by atoms with Crippen LogP contribution >= 0.6 is 0 Å². The molecule has 140 valence electrons. The highest BCUT2D eigenvalue weighted by Crippen LogP contribution is 2.27. The number of nitrogens with zero attached hydrogens (tertiary/aromatic N) is 1. The summed E-state index contributed by atoms with van der Waals surface area (Å²) in [7, 11) is -3.51. The molecule has 0 fully saturated rings. The van der Waals surface area contributed by atoms with Crippen molar-refractivity contribution in [3.63, 3.8) is 0 Å². The molecule has 0 aromatic heterocycles. The van der Waals surface area contributed by atoms with Gasteiger partial charge in [-0.2, -0.15) is 0 Å². The molecule has 2 aromatic carbocycles. The first-order valence-corrected chi connectivity index (χ1v) is 9.78. The van der Waals surface area contributed by atoms with Crippen LogP contribution in [0.15, 0.2) is 47.4 Å². The van der Waals surface area contributed by atoms with Gasteiger partial charge in [-0.05, 0) is 43.3 Å². The molecule has 2 aromatic rings. The monoisotopic (exact) mass is 380 g/mol. The highest BCUT2D eigenvalue weighted by Gasteiger charge is 2.18. The van der Waals surface area contributed by atoms with Crippen LogP contribution < -0.4 is 14.8 Å². The van der Waals surface area contributed by atoms with Crippen LogP contribution in [-0.4, -0.2) is 39.4 Å². The third-order valence-electron chi connectivity index (χ3n) is 3.42. The minimum absolute atomic E-state index is 0.0969. The van der Waals surface area contributed by atoms with Gasteiger partial charge in [0.2, 0.25) is 0 Å².